The summed E-state index contributed by atoms with van der Waals surface area (Å²) in [5.74, 6) is -0.640. The molecule has 0 amide bonds. The number of hydrogen-bond donors (Lipinski definition) is 3. The molecule has 2 aromatic rings. The van der Waals surface area contributed by atoms with Gasteiger partial charge in [0.25, 0.3) is 10.0 Å². The summed E-state index contributed by atoms with van der Waals surface area (Å²) in [5, 5.41) is 6.44. The topological polar surface area (TPSA) is 73.5 Å². The second-order valence-electron chi connectivity index (χ2n) is 6.15. The summed E-state index contributed by atoms with van der Waals surface area (Å²) >= 11 is 5.22. The molecule has 27 heavy (non-hydrogen) atoms. The van der Waals surface area contributed by atoms with Crippen LogP contribution in [0.5, 0.6) is 0 Å². The van der Waals surface area contributed by atoms with Gasteiger partial charge in [0.05, 0.1) is 10.6 Å². The first-order valence-corrected chi connectivity index (χ1v) is 10.2. The fourth-order valence-electron chi connectivity index (χ4n) is 2.26. The van der Waals surface area contributed by atoms with Gasteiger partial charge in [0, 0.05) is 12.2 Å². The second kappa shape index (κ2) is 9.63. The monoisotopic (exact) mass is 410 g/mol. The molecule has 6 nitrogen and oxygen atoms in total. The first kappa shape index (κ1) is 21.1. The average Bonchev–Trinajstić information content (AvgIpc) is 2.61. The van der Waals surface area contributed by atoms with Crippen LogP contribution in [0.4, 0.5) is 15.8 Å². The summed E-state index contributed by atoms with van der Waals surface area (Å²) in [5.41, 5.74) is 0.422. The molecule has 0 aliphatic carbocycles. The van der Waals surface area contributed by atoms with E-state index in [9.17, 15) is 12.8 Å². The summed E-state index contributed by atoms with van der Waals surface area (Å²) in [4.78, 5) is 2.08. The molecular formula is C18H23FN4O2S2. The molecule has 0 bridgehead atoms. The molecule has 0 fully saturated rings. The predicted octanol–water partition coefficient (Wildman–Crippen LogP) is 2.86. The van der Waals surface area contributed by atoms with Crippen LogP contribution >= 0.6 is 12.2 Å². The highest BCUT2D eigenvalue weighted by atomic mass is 32.2. The minimum Gasteiger partial charge on any atom is -0.362 e. The number of para-hydroxylation sites is 1. The third-order valence-electron chi connectivity index (χ3n) is 3.59. The Morgan fingerprint density at radius 1 is 1.15 bits per heavy atom. The van der Waals surface area contributed by atoms with E-state index < -0.39 is 15.8 Å². The maximum Gasteiger partial charge on any atom is 0.262 e. The van der Waals surface area contributed by atoms with Crippen molar-refractivity contribution in [2.75, 3.05) is 37.2 Å². The minimum absolute atomic E-state index is 0.00570. The van der Waals surface area contributed by atoms with Gasteiger partial charge < -0.3 is 15.5 Å². The zero-order valence-electron chi connectivity index (χ0n) is 15.2. The fourth-order valence-corrected chi connectivity index (χ4v) is 3.59. The lowest BCUT2D eigenvalue weighted by Crippen LogP contribution is -2.30. The number of nitrogens with zero attached hydrogens (tertiary/aromatic N) is 1. The van der Waals surface area contributed by atoms with Gasteiger partial charge in [-0.05, 0) is 69.6 Å². The second-order valence-corrected chi connectivity index (χ2v) is 8.24. The van der Waals surface area contributed by atoms with Gasteiger partial charge in [0.15, 0.2) is 5.11 Å². The number of rotatable bonds is 8. The van der Waals surface area contributed by atoms with Crippen molar-refractivity contribution in [1.29, 1.82) is 0 Å². The third kappa shape index (κ3) is 6.78. The van der Waals surface area contributed by atoms with E-state index in [1.807, 2.05) is 14.1 Å². The van der Waals surface area contributed by atoms with Crippen LogP contribution in [0.2, 0.25) is 0 Å². The van der Waals surface area contributed by atoms with E-state index in [-0.39, 0.29) is 10.6 Å². The summed E-state index contributed by atoms with van der Waals surface area (Å²) in [6, 6.07) is 11.8. The first-order valence-electron chi connectivity index (χ1n) is 8.35. The van der Waals surface area contributed by atoms with E-state index >= 15 is 0 Å². The molecule has 0 spiro atoms. The fraction of sp³-hybridized carbons (Fsp3) is 0.278. The van der Waals surface area contributed by atoms with Crippen molar-refractivity contribution in [2.45, 2.75) is 11.3 Å². The van der Waals surface area contributed by atoms with E-state index in [1.54, 1.807) is 18.2 Å². The van der Waals surface area contributed by atoms with Crippen LogP contribution in [0.1, 0.15) is 6.42 Å². The summed E-state index contributed by atoms with van der Waals surface area (Å²) < 4.78 is 41.0. The van der Waals surface area contributed by atoms with Gasteiger partial charge >= 0.3 is 0 Å². The molecule has 0 aromatic heterocycles. The van der Waals surface area contributed by atoms with Crippen LogP contribution in [0.15, 0.2) is 53.4 Å². The zero-order chi connectivity index (χ0) is 19.9. The van der Waals surface area contributed by atoms with Crippen LogP contribution in [0.25, 0.3) is 0 Å². The SMILES string of the molecule is CN(C)CCCNC(=S)Nc1cccc(S(=O)(=O)Nc2ccccc2F)c1. The molecule has 2 rings (SSSR count). The lowest BCUT2D eigenvalue weighted by molar-refractivity contribution is 0.400. The normalized spacial score (nSPS) is 11.3. The standard InChI is InChI=1S/C18H23FN4O2S2/c1-23(2)12-6-11-20-18(26)21-14-7-5-8-15(13-14)27(24,25)22-17-10-4-3-9-16(17)19/h3-5,7-10,13,22H,6,11-12H2,1-2H3,(H2,20,21,26). The van der Waals surface area contributed by atoms with Gasteiger partial charge in [0.1, 0.15) is 5.82 Å². The van der Waals surface area contributed by atoms with Crippen LogP contribution in [0, 0.1) is 5.82 Å². The van der Waals surface area contributed by atoms with Gasteiger partial charge in [0.2, 0.25) is 0 Å². The van der Waals surface area contributed by atoms with E-state index in [0.29, 0.717) is 17.3 Å². The molecule has 0 heterocycles. The van der Waals surface area contributed by atoms with Crippen molar-refractivity contribution in [2.24, 2.45) is 0 Å². The smallest absolute Gasteiger partial charge is 0.262 e. The molecule has 2 aromatic carbocycles. The van der Waals surface area contributed by atoms with Crippen molar-refractivity contribution in [3.63, 3.8) is 0 Å². The van der Waals surface area contributed by atoms with E-state index in [0.717, 1.165) is 13.0 Å². The van der Waals surface area contributed by atoms with E-state index in [1.165, 1.54) is 30.3 Å². The lowest BCUT2D eigenvalue weighted by Gasteiger charge is -2.14. The van der Waals surface area contributed by atoms with Crippen molar-refractivity contribution in [3.05, 3.63) is 54.3 Å². The molecular weight excluding hydrogens is 387 g/mol. The molecule has 0 aliphatic rings. The number of nitrogens with one attached hydrogen (secondary N) is 3. The van der Waals surface area contributed by atoms with Gasteiger partial charge in [-0.3, -0.25) is 4.72 Å². The van der Waals surface area contributed by atoms with Gasteiger partial charge in [-0.1, -0.05) is 18.2 Å². The Bertz CT molecular complexity index is 888. The lowest BCUT2D eigenvalue weighted by atomic mass is 10.3. The van der Waals surface area contributed by atoms with Gasteiger partial charge in [-0.25, -0.2) is 12.8 Å². The number of benzene rings is 2. The van der Waals surface area contributed by atoms with E-state index in [2.05, 4.69) is 20.3 Å². The highest BCUT2D eigenvalue weighted by molar-refractivity contribution is 7.92. The first-order chi connectivity index (χ1) is 12.8. The zero-order valence-corrected chi connectivity index (χ0v) is 16.8. The molecule has 0 aliphatic heterocycles. The number of thiocarbonyl (C=S) groups is 1. The van der Waals surface area contributed by atoms with Gasteiger partial charge in [-0.15, -0.1) is 0 Å². The van der Waals surface area contributed by atoms with Crippen molar-refractivity contribution >= 4 is 38.7 Å². The Balaban J connectivity index is 2.01. The minimum atomic E-state index is -3.92. The summed E-state index contributed by atoms with van der Waals surface area (Å²) in [6.07, 6.45) is 0.926. The highest BCUT2D eigenvalue weighted by Crippen LogP contribution is 2.21. The van der Waals surface area contributed by atoms with Crippen LogP contribution < -0.4 is 15.4 Å². The number of sulfonamides is 1. The molecule has 0 saturated carbocycles. The van der Waals surface area contributed by atoms with Crippen LogP contribution in [-0.4, -0.2) is 45.6 Å². The molecule has 0 radical (unpaired) electrons. The number of halogens is 1. The quantitative estimate of drug-likeness (QED) is 0.459. The molecule has 0 saturated heterocycles. The molecule has 0 atom stereocenters. The maximum absolute atomic E-state index is 13.7. The van der Waals surface area contributed by atoms with Gasteiger partial charge in [-0.2, -0.15) is 0 Å². The maximum atomic E-state index is 13.7. The Labute approximate surface area is 164 Å². The van der Waals surface area contributed by atoms with Crippen molar-refractivity contribution < 1.29 is 12.8 Å². The van der Waals surface area contributed by atoms with Crippen LogP contribution in [0.3, 0.4) is 0 Å². The highest BCUT2D eigenvalue weighted by Gasteiger charge is 2.16. The Hall–Kier alpha value is -2.23. The molecule has 146 valence electrons. The number of hydrogen-bond acceptors (Lipinski definition) is 4. The van der Waals surface area contributed by atoms with E-state index in [4.69, 9.17) is 12.2 Å². The summed E-state index contributed by atoms with van der Waals surface area (Å²) in [7, 11) is 0.0720. The van der Waals surface area contributed by atoms with Crippen molar-refractivity contribution in [3.8, 4) is 0 Å². The number of anilines is 2. The molecule has 9 heteroatoms. The Morgan fingerprint density at radius 3 is 2.59 bits per heavy atom. The Morgan fingerprint density at radius 2 is 1.89 bits per heavy atom. The molecule has 0 unspecified atom stereocenters. The third-order valence-corrected chi connectivity index (χ3v) is 5.20. The summed E-state index contributed by atoms with van der Waals surface area (Å²) in [6.45, 7) is 1.64. The predicted molar refractivity (Wildman–Crippen MR) is 111 cm³/mol. The Kier molecular flexibility index (Phi) is 7.52. The average molecular weight is 411 g/mol. The largest absolute Gasteiger partial charge is 0.362 e. The van der Waals surface area contributed by atoms with Crippen LogP contribution in [-0.2, 0) is 10.0 Å². The van der Waals surface area contributed by atoms with Crippen molar-refractivity contribution in [1.82, 2.24) is 10.2 Å². The molecule has 3 N–H and O–H groups in total.